The molecule has 3 heterocycles. The van der Waals surface area contributed by atoms with Crippen molar-refractivity contribution in [2.75, 3.05) is 0 Å². The molecule has 0 fully saturated rings. The number of benzene rings is 2. The molecule has 5 aromatic rings. The Labute approximate surface area is 173 Å². The quantitative estimate of drug-likeness (QED) is 0.479. The topological polar surface area (TPSA) is 85.2 Å². The third-order valence-corrected chi connectivity index (χ3v) is 4.98. The molecule has 30 heavy (non-hydrogen) atoms. The number of nitrogens with zero attached hydrogens (tertiary/aromatic N) is 6. The third-order valence-electron chi connectivity index (χ3n) is 4.98. The molecule has 7 heteroatoms. The van der Waals surface area contributed by atoms with Gasteiger partial charge >= 0.3 is 0 Å². The first-order valence-corrected chi connectivity index (χ1v) is 9.70. The van der Waals surface area contributed by atoms with Gasteiger partial charge in [0.1, 0.15) is 11.3 Å². The number of hydrogen-bond donors (Lipinski definition) is 1. The summed E-state index contributed by atoms with van der Waals surface area (Å²) in [7, 11) is 0. The molecule has 146 valence electrons. The Morgan fingerprint density at radius 1 is 0.967 bits per heavy atom. The van der Waals surface area contributed by atoms with Gasteiger partial charge in [0.15, 0.2) is 11.5 Å². The van der Waals surface area contributed by atoms with E-state index < -0.39 is 0 Å². The Morgan fingerprint density at radius 2 is 1.80 bits per heavy atom. The van der Waals surface area contributed by atoms with Crippen LogP contribution in [0.3, 0.4) is 0 Å². The molecule has 2 aromatic carbocycles. The molecule has 0 aliphatic carbocycles. The highest BCUT2D eigenvalue weighted by Gasteiger charge is 2.12. The second-order valence-electron chi connectivity index (χ2n) is 6.89. The fraction of sp³-hybridized carbons (Fsp3) is 0.0870. The molecular formula is C23H19N7. The van der Waals surface area contributed by atoms with Gasteiger partial charge in [-0.3, -0.25) is 0 Å². The van der Waals surface area contributed by atoms with Crippen molar-refractivity contribution < 1.29 is 0 Å². The molecule has 0 aliphatic rings. The van der Waals surface area contributed by atoms with E-state index in [1.165, 1.54) is 5.56 Å². The lowest BCUT2D eigenvalue weighted by Gasteiger charge is -2.10. The van der Waals surface area contributed by atoms with E-state index in [1.54, 1.807) is 6.20 Å². The van der Waals surface area contributed by atoms with Gasteiger partial charge in [0.05, 0.1) is 6.54 Å². The van der Waals surface area contributed by atoms with Crippen molar-refractivity contribution in [3.8, 4) is 22.5 Å². The molecule has 5 rings (SSSR count). The Hall–Kier alpha value is -4.13. The van der Waals surface area contributed by atoms with Gasteiger partial charge in [0, 0.05) is 11.8 Å². The molecule has 0 bridgehead atoms. The van der Waals surface area contributed by atoms with E-state index in [1.807, 2.05) is 49.4 Å². The summed E-state index contributed by atoms with van der Waals surface area (Å²) >= 11 is 0. The van der Waals surface area contributed by atoms with Crippen LogP contribution in [0.15, 0.2) is 72.9 Å². The molecule has 0 unspecified atom stereocenters. The van der Waals surface area contributed by atoms with E-state index in [4.69, 9.17) is 4.98 Å². The monoisotopic (exact) mass is 393 g/mol. The molecule has 7 nitrogen and oxygen atoms in total. The van der Waals surface area contributed by atoms with Crippen LogP contribution in [0.25, 0.3) is 39.8 Å². The van der Waals surface area contributed by atoms with Crippen molar-refractivity contribution in [1.82, 2.24) is 35.2 Å². The van der Waals surface area contributed by atoms with Crippen LogP contribution in [0.2, 0.25) is 0 Å². The summed E-state index contributed by atoms with van der Waals surface area (Å²) in [4.78, 5) is 9.22. The van der Waals surface area contributed by atoms with E-state index in [-0.39, 0.29) is 0 Å². The van der Waals surface area contributed by atoms with Crippen molar-refractivity contribution in [1.29, 1.82) is 0 Å². The van der Waals surface area contributed by atoms with Gasteiger partial charge in [-0.05, 0) is 52.2 Å². The van der Waals surface area contributed by atoms with Crippen LogP contribution in [0.4, 0.5) is 0 Å². The minimum Gasteiger partial charge on any atom is -0.305 e. The number of imidazole rings is 1. The summed E-state index contributed by atoms with van der Waals surface area (Å²) in [5.74, 6) is 1.56. The predicted octanol–water partition coefficient (Wildman–Crippen LogP) is 4.36. The van der Waals surface area contributed by atoms with Gasteiger partial charge in [-0.1, -0.05) is 54.6 Å². The molecule has 0 aliphatic heterocycles. The van der Waals surface area contributed by atoms with E-state index in [2.05, 4.69) is 60.5 Å². The summed E-state index contributed by atoms with van der Waals surface area (Å²) in [5, 5.41) is 14.3. The highest BCUT2D eigenvalue weighted by Crippen LogP contribution is 2.30. The third kappa shape index (κ3) is 3.26. The summed E-state index contributed by atoms with van der Waals surface area (Å²) < 4.78 is 2.14. The number of aromatic nitrogens is 7. The van der Waals surface area contributed by atoms with Crippen molar-refractivity contribution in [2.24, 2.45) is 0 Å². The highest BCUT2D eigenvalue weighted by molar-refractivity contribution is 5.80. The lowest BCUT2D eigenvalue weighted by molar-refractivity contribution is 0.803. The molecule has 0 atom stereocenters. The van der Waals surface area contributed by atoms with E-state index >= 15 is 0 Å². The highest BCUT2D eigenvalue weighted by atomic mass is 15.5. The van der Waals surface area contributed by atoms with Crippen LogP contribution >= 0.6 is 0 Å². The average Bonchev–Trinajstić information content (AvgIpc) is 3.44. The molecule has 0 saturated heterocycles. The lowest BCUT2D eigenvalue weighted by atomic mass is 9.98. The van der Waals surface area contributed by atoms with Crippen LogP contribution in [0.5, 0.6) is 0 Å². The van der Waals surface area contributed by atoms with Crippen molar-refractivity contribution in [3.63, 3.8) is 0 Å². The van der Waals surface area contributed by atoms with Gasteiger partial charge in [-0.15, -0.1) is 5.10 Å². The minimum atomic E-state index is 0.654. The first-order valence-electron chi connectivity index (χ1n) is 9.70. The number of aromatic amines is 1. The fourth-order valence-corrected chi connectivity index (χ4v) is 3.60. The van der Waals surface area contributed by atoms with Crippen LogP contribution in [0, 0.1) is 0 Å². The van der Waals surface area contributed by atoms with Crippen LogP contribution in [-0.2, 0) is 6.54 Å². The number of pyridine rings is 1. The van der Waals surface area contributed by atoms with Crippen LogP contribution in [0.1, 0.15) is 18.3 Å². The molecular weight excluding hydrogens is 374 g/mol. The number of rotatable bonds is 5. The molecule has 0 saturated carbocycles. The normalized spacial score (nSPS) is 11.5. The molecule has 0 radical (unpaired) electrons. The zero-order valence-corrected chi connectivity index (χ0v) is 16.4. The number of nitrogens with one attached hydrogen (secondary N) is 1. The zero-order valence-electron chi connectivity index (χ0n) is 16.4. The lowest BCUT2D eigenvalue weighted by Crippen LogP contribution is -2.03. The summed E-state index contributed by atoms with van der Waals surface area (Å²) in [5.41, 5.74) is 6.11. The molecule has 3 aromatic heterocycles. The Kier molecular flexibility index (Phi) is 4.61. The maximum atomic E-state index is 4.70. The summed E-state index contributed by atoms with van der Waals surface area (Å²) in [6.45, 7) is 2.69. The molecule has 1 N–H and O–H groups in total. The maximum Gasteiger partial charge on any atom is 0.180 e. The first-order chi connectivity index (χ1) is 14.8. The maximum absolute atomic E-state index is 4.70. The van der Waals surface area contributed by atoms with E-state index in [0.717, 1.165) is 33.7 Å². The minimum absolute atomic E-state index is 0.654. The first kappa shape index (κ1) is 17.9. The second-order valence-corrected chi connectivity index (χ2v) is 6.89. The number of fused-ring (bicyclic) bond motifs is 1. The Bertz CT molecular complexity index is 1320. The Balaban J connectivity index is 1.49. The molecule has 0 spiro atoms. The smallest absolute Gasteiger partial charge is 0.180 e. The number of hydrogen-bond acceptors (Lipinski definition) is 5. The van der Waals surface area contributed by atoms with Crippen molar-refractivity contribution >= 4 is 17.2 Å². The van der Waals surface area contributed by atoms with Crippen LogP contribution in [-0.4, -0.2) is 35.2 Å². The van der Waals surface area contributed by atoms with E-state index in [9.17, 15) is 0 Å². The summed E-state index contributed by atoms with van der Waals surface area (Å²) in [6.07, 6.45) is 5.81. The van der Waals surface area contributed by atoms with E-state index in [0.29, 0.717) is 12.4 Å². The van der Waals surface area contributed by atoms with Gasteiger partial charge in [0.2, 0.25) is 0 Å². The number of H-pyrrole nitrogens is 1. The van der Waals surface area contributed by atoms with Gasteiger partial charge in [-0.2, -0.15) is 0 Å². The van der Waals surface area contributed by atoms with Crippen LogP contribution < -0.4 is 0 Å². The van der Waals surface area contributed by atoms with Gasteiger partial charge in [0.25, 0.3) is 0 Å². The predicted molar refractivity (Wildman–Crippen MR) is 116 cm³/mol. The van der Waals surface area contributed by atoms with Gasteiger partial charge < -0.3 is 4.57 Å². The molecule has 0 amide bonds. The average molecular weight is 393 g/mol. The fourth-order valence-electron chi connectivity index (χ4n) is 3.60. The standard InChI is InChI=1S/C23H19N7/c1-2-6-21-25-20-9-5-14-24-23(20)30(21)15-16-10-12-17(13-11-16)18-7-3-4-8-19(18)22-26-28-29-27-22/h2-14H,15H2,1H3,(H,26,27,28,29). The van der Waals surface area contributed by atoms with Gasteiger partial charge in [-0.25, -0.2) is 15.1 Å². The largest absolute Gasteiger partial charge is 0.305 e. The second kappa shape index (κ2) is 7.71. The summed E-state index contributed by atoms with van der Waals surface area (Å²) in [6, 6.07) is 20.5. The number of allylic oxidation sites excluding steroid dienone is 1. The number of tetrazole rings is 1. The Morgan fingerprint density at radius 3 is 2.57 bits per heavy atom. The SMILES string of the molecule is CC=Cc1nc2cccnc2n1Cc1ccc(-c2ccccc2-c2nnn[nH]2)cc1. The zero-order chi connectivity index (χ0) is 20.3. The van der Waals surface area contributed by atoms with Crippen molar-refractivity contribution in [3.05, 3.63) is 84.3 Å². The van der Waals surface area contributed by atoms with Crippen molar-refractivity contribution in [2.45, 2.75) is 13.5 Å².